The van der Waals surface area contributed by atoms with Crippen LogP contribution in [-0.4, -0.2) is 52.0 Å². The van der Waals surface area contributed by atoms with Crippen molar-refractivity contribution in [2.45, 2.75) is 6.17 Å². The largest absolute Gasteiger partial charge is 0.327 e. The van der Waals surface area contributed by atoms with Crippen molar-refractivity contribution >= 4 is 41.7 Å². The molecule has 8 nitrogen and oxygen atoms in total. The molecule has 1 unspecified atom stereocenters. The van der Waals surface area contributed by atoms with E-state index in [2.05, 4.69) is 5.32 Å². The second kappa shape index (κ2) is 7.04. The van der Waals surface area contributed by atoms with E-state index in [1.807, 2.05) is 0 Å². The van der Waals surface area contributed by atoms with Crippen LogP contribution in [0.1, 0.15) is 9.67 Å². The summed E-state index contributed by atoms with van der Waals surface area (Å²) < 4.78 is 0.398. The molecule has 1 rings (SSSR count). The monoisotopic (exact) mass is 307 g/mol. The molecule has 1 heterocycles. The van der Waals surface area contributed by atoms with Crippen molar-refractivity contribution in [3.8, 4) is 0 Å². The molecule has 1 atom stereocenters. The number of thiophene rings is 1. The molecule has 0 aromatic carbocycles. The van der Waals surface area contributed by atoms with Gasteiger partial charge in [0.2, 0.25) is 12.8 Å². The number of halogens is 1. The van der Waals surface area contributed by atoms with Crippen LogP contribution in [-0.2, 0) is 9.59 Å². The van der Waals surface area contributed by atoms with Crippen LogP contribution in [0.25, 0.3) is 0 Å². The van der Waals surface area contributed by atoms with Gasteiger partial charge in [0, 0.05) is 0 Å². The van der Waals surface area contributed by atoms with E-state index < -0.39 is 18.6 Å². The molecular weight excluding hydrogens is 298 g/mol. The number of carbonyl (C=O) groups excluding carboxylic acids is 3. The summed E-state index contributed by atoms with van der Waals surface area (Å²) in [5.74, 6) is -0.609. The zero-order valence-corrected chi connectivity index (χ0v) is 11.0. The molecule has 0 saturated heterocycles. The Balaban J connectivity index is 2.73. The predicted molar refractivity (Wildman–Crippen MR) is 64.8 cm³/mol. The van der Waals surface area contributed by atoms with Gasteiger partial charge in [0.05, 0.1) is 15.8 Å². The molecule has 0 fully saturated rings. The Labute approximate surface area is 116 Å². The van der Waals surface area contributed by atoms with Crippen LogP contribution in [0, 0.1) is 0 Å². The lowest BCUT2D eigenvalue weighted by Gasteiger charge is -2.25. The third-order valence-corrected chi connectivity index (χ3v) is 3.23. The summed E-state index contributed by atoms with van der Waals surface area (Å²) in [6, 6.07) is 2.97. The van der Waals surface area contributed by atoms with Crippen LogP contribution in [0.5, 0.6) is 0 Å². The average molecular weight is 308 g/mol. The van der Waals surface area contributed by atoms with E-state index in [-0.39, 0.29) is 27.8 Å². The summed E-state index contributed by atoms with van der Waals surface area (Å²) in [4.78, 5) is 32.7. The minimum Gasteiger partial charge on any atom is -0.327 e. The summed E-state index contributed by atoms with van der Waals surface area (Å²) in [5, 5.41) is 20.8. The molecule has 0 aliphatic heterocycles. The Kier molecular flexibility index (Phi) is 5.70. The van der Waals surface area contributed by atoms with Gasteiger partial charge < -0.3 is 5.32 Å². The summed E-state index contributed by atoms with van der Waals surface area (Å²) in [5.41, 5.74) is 0. The van der Waals surface area contributed by atoms with Gasteiger partial charge in [-0.25, -0.2) is 10.1 Å². The lowest BCUT2D eigenvalue weighted by Crippen LogP contribution is -2.51. The van der Waals surface area contributed by atoms with Gasteiger partial charge in [0.1, 0.15) is 0 Å². The highest BCUT2D eigenvalue weighted by molar-refractivity contribution is 7.17. The van der Waals surface area contributed by atoms with Crippen molar-refractivity contribution in [2.75, 3.05) is 6.54 Å². The standard InChI is InChI=1S/C9H10ClN3O5S/c10-7-2-1-6(19-7)9(16)11-8(13(18)5-15)3-12(17)4-14/h1-2,4-5,8,17-18H,3H2,(H,11,16). The molecule has 0 aliphatic rings. The topological polar surface area (TPSA) is 110 Å². The van der Waals surface area contributed by atoms with Crippen molar-refractivity contribution < 1.29 is 24.8 Å². The average Bonchev–Trinajstić information content (AvgIpc) is 2.83. The van der Waals surface area contributed by atoms with Gasteiger partial charge in [-0.05, 0) is 12.1 Å². The van der Waals surface area contributed by atoms with Crippen LogP contribution in [0.2, 0.25) is 4.34 Å². The fraction of sp³-hybridized carbons (Fsp3) is 0.222. The molecule has 0 spiro atoms. The van der Waals surface area contributed by atoms with Crippen LogP contribution >= 0.6 is 22.9 Å². The molecule has 0 radical (unpaired) electrons. The lowest BCUT2D eigenvalue weighted by molar-refractivity contribution is -0.179. The maximum absolute atomic E-state index is 11.8. The molecule has 0 saturated carbocycles. The molecule has 3 amide bonds. The van der Waals surface area contributed by atoms with Gasteiger partial charge in [-0.1, -0.05) is 11.6 Å². The van der Waals surface area contributed by atoms with Crippen molar-refractivity contribution in [1.82, 2.24) is 15.4 Å². The molecular formula is C9H10ClN3O5S. The Bertz CT molecular complexity index is 468. The highest BCUT2D eigenvalue weighted by Gasteiger charge is 2.21. The fourth-order valence-electron chi connectivity index (χ4n) is 1.15. The minimum atomic E-state index is -1.29. The number of hydrogen-bond donors (Lipinski definition) is 3. The van der Waals surface area contributed by atoms with Crippen LogP contribution < -0.4 is 5.32 Å². The smallest absolute Gasteiger partial charge is 0.263 e. The lowest BCUT2D eigenvalue weighted by atomic mass is 10.4. The zero-order chi connectivity index (χ0) is 14.4. The molecule has 1 aromatic heterocycles. The fourth-order valence-corrected chi connectivity index (χ4v) is 2.09. The van der Waals surface area contributed by atoms with Crippen molar-refractivity contribution in [1.29, 1.82) is 0 Å². The summed E-state index contributed by atoms with van der Waals surface area (Å²) in [7, 11) is 0. The second-order valence-electron chi connectivity index (χ2n) is 3.31. The second-order valence-corrected chi connectivity index (χ2v) is 5.02. The van der Waals surface area contributed by atoms with Crippen molar-refractivity contribution in [3.05, 3.63) is 21.3 Å². The van der Waals surface area contributed by atoms with Crippen LogP contribution in [0.3, 0.4) is 0 Å². The van der Waals surface area contributed by atoms with Gasteiger partial charge in [-0.2, -0.15) is 0 Å². The summed E-state index contributed by atoms with van der Waals surface area (Å²) in [6.45, 7) is -0.496. The first-order valence-corrected chi connectivity index (χ1v) is 6.07. The van der Waals surface area contributed by atoms with Gasteiger partial charge in [0.15, 0.2) is 6.17 Å². The molecule has 0 bridgehead atoms. The molecule has 1 aromatic rings. The van der Waals surface area contributed by atoms with Crippen LogP contribution in [0.4, 0.5) is 0 Å². The van der Waals surface area contributed by atoms with Gasteiger partial charge in [0.25, 0.3) is 5.91 Å². The first-order chi connectivity index (χ1) is 8.97. The van der Waals surface area contributed by atoms with E-state index in [1.54, 1.807) is 0 Å². The van der Waals surface area contributed by atoms with Crippen LogP contribution in [0.15, 0.2) is 12.1 Å². The predicted octanol–water partition coefficient (Wildman–Crippen LogP) is 0.153. The summed E-state index contributed by atoms with van der Waals surface area (Å²) >= 11 is 6.67. The van der Waals surface area contributed by atoms with Gasteiger partial charge >= 0.3 is 0 Å². The van der Waals surface area contributed by atoms with E-state index in [9.17, 15) is 19.6 Å². The normalized spacial score (nSPS) is 11.5. The quantitative estimate of drug-likeness (QED) is 0.287. The SMILES string of the molecule is O=CN(O)CC(NC(=O)c1ccc(Cl)s1)N(O)C=O. The Hall–Kier alpha value is -1.68. The van der Waals surface area contributed by atoms with E-state index >= 15 is 0 Å². The number of nitrogens with zero attached hydrogens (tertiary/aromatic N) is 2. The first kappa shape index (κ1) is 15.4. The third kappa shape index (κ3) is 4.48. The van der Waals surface area contributed by atoms with Gasteiger partial charge in [-0.3, -0.25) is 24.8 Å². The zero-order valence-electron chi connectivity index (χ0n) is 9.39. The highest BCUT2D eigenvalue weighted by Crippen LogP contribution is 2.21. The molecule has 0 aliphatic carbocycles. The first-order valence-electron chi connectivity index (χ1n) is 4.87. The minimum absolute atomic E-state index is 0.0327. The maximum atomic E-state index is 11.8. The molecule has 10 heteroatoms. The molecule has 19 heavy (non-hydrogen) atoms. The Morgan fingerprint density at radius 2 is 2.11 bits per heavy atom. The third-order valence-electron chi connectivity index (χ3n) is 2.00. The highest BCUT2D eigenvalue weighted by atomic mass is 35.5. The number of rotatable bonds is 7. The summed E-state index contributed by atoms with van der Waals surface area (Å²) in [6.07, 6.45) is -1.19. The van der Waals surface area contributed by atoms with E-state index in [4.69, 9.17) is 16.8 Å². The van der Waals surface area contributed by atoms with E-state index in [1.165, 1.54) is 12.1 Å². The molecule has 104 valence electrons. The van der Waals surface area contributed by atoms with E-state index in [0.29, 0.717) is 4.34 Å². The molecule has 3 N–H and O–H groups in total. The number of hydroxylamine groups is 4. The van der Waals surface area contributed by atoms with Crippen molar-refractivity contribution in [2.24, 2.45) is 0 Å². The Morgan fingerprint density at radius 1 is 1.42 bits per heavy atom. The maximum Gasteiger partial charge on any atom is 0.263 e. The number of hydrogen-bond acceptors (Lipinski definition) is 6. The number of amides is 3. The van der Waals surface area contributed by atoms with E-state index in [0.717, 1.165) is 11.3 Å². The number of carbonyl (C=O) groups is 3. The van der Waals surface area contributed by atoms with Crippen molar-refractivity contribution in [3.63, 3.8) is 0 Å². The van der Waals surface area contributed by atoms with Gasteiger partial charge in [-0.15, -0.1) is 11.3 Å². The number of nitrogens with one attached hydrogen (secondary N) is 1. The Morgan fingerprint density at radius 3 is 2.58 bits per heavy atom.